The first-order chi connectivity index (χ1) is 15.1. The maximum absolute atomic E-state index is 10.7. The van der Waals surface area contributed by atoms with Gasteiger partial charge in [-0.2, -0.15) is 0 Å². The van der Waals surface area contributed by atoms with Crippen molar-refractivity contribution >= 4 is 8.25 Å². The minimum absolute atomic E-state index is 0.457. The van der Waals surface area contributed by atoms with E-state index in [1.807, 2.05) is 0 Å². The number of hydrogen-bond acceptors (Lipinski definition) is 5. The zero-order valence-electron chi connectivity index (χ0n) is 20.0. The lowest BCUT2D eigenvalue weighted by Crippen LogP contribution is -2.31. The van der Waals surface area contributed by atoms with E-state index in [1.54, 1.807) is 0 Å². The smallest absolute Gasteiger partial charge is 0.488 e. The van der Waals surface area contributed by atoms with Crippen LogP contribution in [0.15, 0.2) is 12.2 Å². The van der Waals surface area contributed by atoms with E-state index in [0.29, 0.717) is 6.42 Å². The van der Waals surface area contributed by atoms with Crippen LogP contribution in [-0.2, 0) is 9.09 Å². The summed E-state index contributed by atoms with van der Waals surface area (Å²) in [6, 6.07) is 0. The Morgan fingerprint density at radius 2 is 1.19 bits per heavy atom. The zero-order valence-corrected chi connectivity index (χ0v) is 20.9. The van der Waals surface area contributed by atoms with Crippen molar-refractivity contribution in [1.29, 1.82) is 0 Å². The molecule has 0 bridgehead atoms. The Balaban J connectivity index is 3.34. The van der Waals surface area contributed by atoms with Crippen LogP contribution < -0.4 is 4.89 Å². The molecule has 2 N–H and O–H groups in total. The van der Waals surface area contributed by atoms with E-state index >= 15 is 0 Å². The van der Waals surface area contributed by atoms with E-state index in [9.17, 15) is 14.6 Å². The standard InChI is InChI=1S/C25H49O5P/c1-2-3-4-5-6-7-8-9-10-11-12-13-14-15-16-17-18-19-20-21-22-25(24(27)23-26)30-31(28)29/h9-10,24-27H,2-8,11-23H2,1H3. The molecular formula is C25H49O5P. The van der Waals surface area contributed by atoms with Crippen molar-refractivity contribution in [2.24, 2.45) is 0 Å². The highest BCUT2D eigenvalue weighted by Crippen LogP contribution is 2.21. The number of unbranched alkanes of at least 4 members (excludes halogenated alkanes) is 16. The topological polar surface area (TPSA) is 89.8 Å². The van der Waals surface area contributed by atoms with Gasteiger partial charge in [-0.3, -0.25) is 0 Å². The van der Waals surface area contributed by atoms with Crippen LogP contribution in [0.25, 0.3) is 0 Å². The summed E-state index contributed by atoms with van der Waals surface area (Å²) in [5.74, 6) is 0. The molecule has 0 aliphatic rings. The molecule has 0 aliphatic heterocycles. The van der Waals surface area contributed by atoms with Crippen LogP contribution in [0, 0.1) is 0 Å². The summed E-state index contributed by atoms with van der Waals surface area (Å²) < 4.78 is 15.3. The van der Waals surface area contributed by atoms with Gasteiger partial charge in [-0.25, -0.2) is 0 Å². The Bertz CT molecular complexity index is 417. The van der Waals surface area contributed by atoms with Gasteiger partial charge in [-0.15, -0.1) is 4.52 Å². The van der Waals surface area contributed by atoms with Crippen molar-refractivity contribution in [2.45, 2.75) is 141 Å². The van der Waals surface area contributed by atoms with Gasteiger partial charge in [0.25, 0.3) is 0 Å². The third kappa shape index (κ3) is 22.7. The van der Waals surface area contributed by atoms with Gasteiger partial charge in [0.15, 0.2) is 0 Å². The SMILES string of the molecule is CCCCCCCCC=CCCCCCCCCCCCCC(O[P+](=O)[O-])C(O)CO. The predicted molar refractivity (Wildman–Crippen MR) is 128 cm³/mol. The minimum atomic E-state index is -3.00. The molecule has 0 fully saturated rings. The average molecular weight is 461 g/mol. The number of aliphatic hydroxyl groups is 2. The van der Waals surface area contributed by atoms with E-state index < -0.39 is 27.1 Å². The normalized spacial score (nSPS) is 14.3. The van der Waals surface area contributed by atoms with Crippen LogP contribution >= 0.6 is 8.25 Å². The van der Waals surface area contributed by atoms with Gasteiger partial charge >= 0.3 is 8.25 Å². The van der Waals surface area contributed by atoms with E-state index in [-0.39, 0.29) is 0 Å². The average Bonchev–Trinajstić information content (AvgIpc) is 2.76. The van der Waals surface area contributed by atoms with Crippen molar-refractivity contribution in [3.05, 3.63) is 12.2 Å². The molecule has 0 aromatic carbocycles. The summed E-state index contributed by atoms with van der Waals surface area (Å²) in [5, 5.41) is 18.5. The highest BCUT2D eigenvalue weighted by molar-refractivity contribution is 7.30. The van der Waals surface area contributed by atoms with Gasteiger partial charge < -0.3 is 15.1 Å². The Labute approximate surface area is 192 Å². The summed E-state index contributed by atoms with van der Waals surface area (Å²) in [5.41, 5.74) is 0. The molecule has 0 aromatic heterocycles. The number of aliphatic hydroxyl groups excluding tert-OH is 2. The van der Waals surface area contributed by atoms with Gasteiger partial charge in [0.05, 0.1) is 6.61 Å². The van der Waals surface area contributed by atoms with Gasteiger partial charge in [0.2, 0.25) is 0 Å². The maximum atomic E-state index is 10.7. The fourth-order valence-electron chi connectivity index (χ4n) is 3.84. The first kappa shape index (κ1) is 30.7. The Morgan fingerprint density at radius 3 is 1.61 bits per heavy atom. The minimum Gasteiger partial charge on any atom is -0.566 e. The second kappa shape index (κ2) is 24.3. The van der Waals surface area contributed by atoms with Gasteiger partial charge in [-0.1, -0.05) is 109 Å². The van der Waals surface area contributed by atoms with Gasteiger partial charge in [0.1, 0.15) is 12.2 Å². The van der Waals surface area contributed by atoms with E-state index in [2.05, 4.69) is 23.6 Å². The highest BCUT2D eigenvalue weighted by Gasteiger charge is 2.24. The third-order valence-electron chi connectivity index (χ3n) is 5.84. The third-order valence-corrected chi connectivity index (χ3v) is 6.28. The van der Waals surface area contributed by atoms with Crippen LogP contribution in [0.1, 0.15) is 129 Å². The Kier molecular flexibility index (Phi) is 24.1. The van der Waals surface area contributed by atoms with Crippen LogP contribution in [0.5, 0.6) is 0 Å². The molecule has 0 heterocycles. The summed E-state index contributed by atoms with van der Waals surface area (Å²) >= 11 is 0. The molecule has 0 radical (unpaired) electrons. The van der Waals surface area contributed by atoms with E-state index in [4.69, 9.17) is 5.11 Å². The second-order valence-corrected chi connectivity index (χ2v) is 9.42. The molecule has 184 valence electrons. The Hall–Kier alpha value is -0.320. The summed E-state index contributed by atoms with van der Waals surface area (Å²) in [4.78, 5) is 10.7. The monoisotopic (exact) mass is 460 g/mol. The van der Waals surface area contributed by atoms with Gasteiger partial charge in [-0.05, 0) is 36.7 Å². The molecule has 0 saturated carbocycles. The molecule has 6 heteroatoms. The molecule has 0 saturated heterocycles. The molecule has 0 amide bonds. The maximum Gasteiger partial charge on any atom is 0.488 e. The number of rotatable bonds is 24. The molecule has 5 nitrogen and oxygen atoms in total. The van der Waals surface area contributed by atoms with Crippen LogP contribution in [0.4, 0.5) is 0 Å². The fraction of sp³-hybridized carbons (Fsp3) is 0.920. The predicted octanol–water partition coefficient (Wildman–Crippen LogP) is 6.73. The molecule has 0 aromatic rings. The largest absolute Gasteiger partial charge is 0.566 e. The van der Waals surface area contributed by atoms with E-state index in [1.165, 1.54) is 96.3 Å². The molecule has 0 rings (SSSR count). The summed E-state index contributed by atoms with van der Waals surface area (Å²) in [6.45, 7) is 1.78. The van der Waals surface area contributed by atoms with Gasteiger partial charge in [0, 0.05) is 0 Å². The summed E-state index contributed by atoms with van der Waals surface area (Å²) in [7, 11) is -3.00. The van der Waals surface area contributed by atoms with Crippen LogP contribution in [0.2, 0.25) is 0 Å². The molecular weight excluding hydrogens is 411 g/mol. The molecule has 31 heavy (non-hydrogen) atoms. The molecule has 3 atom stereocenters. The van der Waals surface area contributed by atoms with E-state index in [0.717, 1.165) is 19.3 Å². The van der Waals surface area contributed by atoms with Crippen molar-refractivity contribution < 1.29 is 24.2 Å². The fourth-order valence-corrected chi connectivity index (χ4v) is 4.31. The van der Waals surface area contributed by atoms with Crippen LogP contribution in [0.3, 0.4) is 0 Å². The number of hydrogen-bond donors (Lipinski definition) is 2. The quantitative estimate of drug-likeness (QED) is 0.0946. The first-order valence-corrected chi connectivity index (χ1v) is 14.0. The molecule has 0 spiro atoms. The lowest BCUT2D eigenvalue weighted by Gasteiger charge is -2.16. The lowest BCUT2D eigenvalue weighted by molar-refractivity contribution is -0.193. The number of allylic oxidation sites excluding steroid dienone is 2. The highest BCUT2D eigenvalue weighted by atomic mass is 31.1. The van der Waals surface area contributed by atoms with Crippen molar-refractivity contribution in [1.82, 2.24) is 0 Å². The second-order valence-electron chi connectivity index (χ2n) is 8.76. The lowest BCUT2D eigenvalue weighted by atomic mass is 10.0. The Morgan fingerprint density at radius 1 is 0.774 bits per heavy atom. The summed E-state index contributed by atoms with van der Waals surface area (Å²) in [6.07, 6.45) is 25.9. The molecule has 3 unspecified atom stereocenters. The van der Waals surface area contributed by atoms with Crippen molar-refractivity contribution in [3.63, 3.8) is 0 Å². The van der Waals surface area contributed by atoms with Crippen molar-refractivity contribution in [2.75, 3.05) is 6.61 Å². The zero-order chi connectivity index (χ0) is 23.0. The van der Waals surface area contributed by atoms with Crippen LogP contribution in [-0.4, -0.2) is 29.0 Å². The first-order valence-electron chi connectivity index (χ1n) is 12.9. The molecule has 0 aliphatic carbocycles. The van der Waals surface area contributed by atoms with Crippen molar-refractivity contribution in [3.8, 4) is 0 Å².